The number of nitrogens with one attached hydrogen (secondary N) is 2. The van der Waals surface area contributed by atoms with E-state index in [0.717, 1.165) is 64.8 Å². The van der Waals surface area contributed by atoms with Crippen LogP contribution in [0, 0.1) is 5.82 Å². The Morgan fingerprint density at radius 3 is 2.05 bits per heavy atom. The number of nitrogens with two attached hydrogens (primary N) is 1. The van der Waals surface area contributed by atoms with Crippen molar-refractivity contribution in [3.05, 3.63) is 99.9 Å². The highest BCUT2D eigenvalue weighted by Gasteiger charge is 2.47. The van der Waals surface area contributed by atoms with Crippen molar-refractivity contribution in [2.24, 2.45) is 10.8 Å². The molecule has 42 heavy (non-hydrogen) atoms. The fraction of sp³-hybridized carbons (Fsp3) is 0.333. The van der Waals surface area contributed by atoms with E-state index in [1.165, 1.54) is 17.1 Å². The summed E-state index contributed by atoms with van der Waals surface area (Å²) in [7, 11) is 0. The number of halogens is 1. The van der Waals surface area contributed by atoms with Crippen molar-refractivity contribution in [1.82, 2.24) is 10.6 Å². The number of rotatable bonds is 12. The van der Waals surface area contributed by atoms with Crippen molar-refractivity contribution >= 4 is 30.1 Å². The van der Waals surface area contributed by atoms with Gasteiger partial charge in [-0.15, -0.1) is 0 Å². The molecule has 9 heteroatoms. The highest BCUT2D eigenvalue weighted by molar-refractivity contribution is 6.18. The molecule has 1 aliphatic carbocycles. The molecule has 0 saturated carbocycles. The van der Waals surface area contributed by atoms with Gasteiger partial charge in [-0.2, -0.15) is 5.10 Å². The first-order chi connectivity index (χ1) is 20.3. The second kappa shape index (κ2) is 12.7. The lowest BCUT2D eigenvalue weighted by atomic mass is 9.65. The van der Waals surface area contributed by atoms with Crippen molar-refractivity contribution < 1.29 is 18.8 Å². The Morgan fingerprint density at radius 1 is 0.952 bits per heavy atom. The number of hydrogen-bond acceptors (Lipinski definition) is 5. The van der Waals surface area contributed by atoms with Crippen LogP contribution in [0.15, 0.2) is 65.8 Å². The Balaban J connectivity index is 1.72. The number of hydrazone groups is 1. The van der Waals surface area contributed by atoms with Crippen molar-refractivity contribution in [2.45, 2.75) is 70.0 Å². The zero-order chi connectivity index (χ0) is 29.7. The first-order valence-electron chi connectivity index (χ1n) is 14.4. The average molecular weight is 570 g/mol. The predicted octanol–water partition coefficient (Wildman–Crippen LogP) is 4.01. The van der Waals surface area contributed by atoms with Crippen molar-refractivity contribution in [1.29, 1.82) is 0 Å². The maximum Gasteiger partial charge on any atom is 0.253 e. The molecule has 218 valence electrons. The van der Waals surface area contributed by atoms with Gasteiger partial charge in [0.1, 0.15) is 5.82 Å². The number of carbonyl (C=O) groups excluding carboxylic acids is 3. The predicted molar refractivity (Wildman–Crippen MR) is 160 cm³/mol. The molecule has 0 spiro atoms. The summed E-state index contributed by atoms with van der Waals surface area (Å²) in [4.78, 5) is 35.5. The lowest BCUT2D eigenvalue weighted by molar-refractivity contribution is -0.117. The largest absolute Gasteiger partial charge is 0.355 e. The van der Waals surface area contributed by atoms with E-state index < -0.39 is 5.41 Å². The summed E-state index contributed by atoms with van der Waals surface area (Å²) in [5.41, 5.74) is 13.2. The van der Waals surface area contributed by atoms with Gasteiger partial charge in [-0.1, -0.05) is 42.8 Å². The molecular formula is C33H36FN5O3. The van der Waals surface area contributed by atoms with Crippen LogP contribution in [0.3, 0.4) is 0 Å². The third kappa shape index (κ3) is 5.83. The van der Waals surface area contributed by atoms with Crippen LogP contribution >= 0.6 is 0 Å². The van der Waals surface area contributed by atoms with E-state index in [2.05, 4.69) is 34.9 Å². The number of anilines is 1. The minimum atomic E-state index is -0.715. The normalized spacial score (nSPS) is 16.1. The number of fused-ring (bicyclic) bond motifs is 2. The van der Waals surface area contributed by atoms with Gasteiger partial charge in [-0.3, -0.25) is 14.4 Å². The second-order valence-electron chi connectivity index (χ2n) is 11.2. The molecule has 0 saturated heterocycles. The van der Waals surface area contributed by atoms with Gasteiger partial charge >= 0.3 is 0 Å². The van der Waals surface area contributed by atoms with E-state index in [-0.39, 0.29) is 24.2 Å². The van der Waals surface area contributed by atoms with Gasteiger partial charge in [0.05, 0.1) is 23.2 Å². The smallest absolute Gasteiger partial charge is 0.253 e. The maximum absolute atomic E-state index is 13.7. The van der Waals surface area contributed by atoms with E-state index in [1.54, 1.807) is 12.1 Å². The van der Waals surface area contributed by atoms with Gasteiger partial charge in [0.15, 0.2) is 0 Å². The molecule has 0 aromatic heterocycles. The van der Waals surface area contributed by atoms with Crippen LogP contribution in [0.5, 0.6) is 0 Å². The highest BCUT2D eigenvalue weighted by Crippen LogP contribution is 2.47. The number of aryl methyl sites for hydroxylation is 2. The lowest BCUT2D eigenvalue weighted by Gasteiger charge is -2.37. The number of benzene rings is 3. The van der Waals surface area contributed by atoms with Gasteiger partial charge < -0.3 is 16.4 Å². The van der Waals surface area contributed by atoms with Crippen LogP contribution in [0.1, 0.15) is 66.0 Å². The van der Waals surface area contributed by atoms with Crippen molar-refractivity contribution in [2.75, 3.05) is 5.01 Å². The van der Waals surface area contributed by atoms with Crippen LogP contribution < -0.4 is 21.4 Å². The summed E-state index contributed by atoms with van der Waals surface area (Å²) < 4.78 is 13.7. The standard InChI is InChI=1S/C33H36FN5O3/c1-22(35)3-2-14-33(31-17-32(42)39(38-31)28-10-8-27(34)9-11-28)29-12-4-23(18-36-20-40)15-25(29)6-7-26-16-24(19-37-21-41)5-13-30(26)33/h4-5,8-13,15-16,20-22H,2-3,6-7,14,17-19,35H2,1H3,(H,36,40)(H,37,41)/t22-/m1/s1. The van der Waals surface area contributed by atoms with Gasteiger partial charge in [-0.05, 0) is 90.3 Å². The maximum atomic E-state index is 13.7. The molecule has 4 N–H and O–H groups in total. The number of carbonyl (C=O) groups is 3. The summed E-state index contributed by atoms with van der Waals surface area (Å²) in [6.45, 7) is 2.83. The molecule has 1 aliphatic heterocycles. The molecular weight excluding hydrogens is 533 g/mol. The summed E-state index contributed by atoms with van der Waals surface area (Å²) in [6.07, 6.45) is 5.34. The zero-order valence-electron chi connectivity index (χ0n) is 23.7. The van der Waals surface area contributed by atoms with E-state index in [9.17, 15) is 18.8 Å². The Kier molecular flexibility index (Phi) is 8.77. The van der Waals surface area contributed by atoms with Gasteiger partial charge in [0.25, 0.3) is 5.91 Å². The summed E-state index contributed by atoms with van der Waals surface area (Å²) in [5, 5.41) is 11.9. The fourth-order valence-electron chi connectivity index (χ4n) is 6.36. The number of nitrogens with zero attached hydrogens (tertiary/aromatic N) is 2. The molecule has 3 aromatic rings. The summed E-state index contributed by atoms with van der Waals surface area (Å²) in [6, 6.07) is 18.4. The van der Waals surface area contributed by atoms with E-state index in [1.807, 2.05) is 19.1 Å². The van der Waals surface area contributed by atoms with Crippen LogP contribution in [-0.4, -0.2) is 30.5 Å². The molecule has 0 fully saturated rings. The van der Waals surface area contributed by atoms with Gasteiger partial charge in [0, 0.05) is 19.1 Å². The highest BCUT2D eigenvalue weighted by atomic mass is 19.1. The Morgan fingerprint density at radius 2 is 1.52 bits per heavy atom. The zero-order valence-corrected chi connectivity index (χ0v) is 23.7. The minimum absolute atomic E-state index is 0.0169. The van der Waals surface area contributed by atoms with E-state index >= 15 is 0 Å². The topological polar surface area (TPSA) is 117 Å². The number of hydrogen-bond donors (Lipinski definition) is 3. The molecule has 3 aromatic carbocycles. The molecule has 0 radical (unpaired) electrons. The average Bonchev–Trinajstić information content (AvgIpc) is 3.32. The minimum Gasteiger partial charge on any atom is -0.355 e. The quantitative estimate of drug-likeness (QED) is 0.286. The third-order valence-corrected chi connectivity index (χ3v) is 8.25. The van der Waals surface area contributed by atoms with Crippen molar-refractivity contribution in [3.8, 4) is 0 Å². The monoisotopic (exact) mass is 569 g/mol. The molecule has 1 heterocycles. The molecule has 3 amide bonds. The van der Waals surface area contributed by atoms with Gasteiger partial charge in [0.2, 0.25) is 12.8 Å². The Bertz CT molecular complexity index is 1440. The second-order valence-corrected chi connectivity index (χ2v) is 11.2. The molecule has 1 atom stereocenters. The lowest BCUT2D eigenvalue weighted by Crippen LogP contribution is -2.38. The van der Waals surface area contributed by atoms with E-state index in [0.29, 0.717) is 38.0 Å². The molecule has 8 nitrogen and oxygen atoms in total. The van der Waals surface area contributed by atoms with Gasteiger partial charge in [-0.25, -0.2) is 9.40 Å². The van der Waals surface area contributed by atoms with Crippen LogP contribution in [0.25, 0.3) is 0 Å². The summed E-state index contributed by atoms with van der Waals surface area (Å²) >= 11 is 0. The number of amides is 3. The third-order valence-electron chi connectivity index (χ3n) is 8.25. The Labute approximate surface area is 245 Å². The van der Waals surface area contributed by atoms with Crippen molar-refractivity contribution in [3.63, 3.8) is 0 Å². The molecule has 2 aliphatic rings. The molecule has 0 bridgehead atoms. The molecule has 0 unspecified atom stereocenters. The molecule has 5 rings (SSSR count). The summed E-state index contributed by atoms with van der Waals surface area (Å²) in [5.74, 6) is -0.553. The first-order valence-corrected chi connectivity index (χ1v) is 14.4. The van der Waals surface area contributed by atoms with Crippen LogP contribution in [0.2, 0.25) is 0 Å². The fourth-order valence-corrected chi connectivity index (χ4v) is 6.36. The SMILES string of the molecule is C[C@@H](N)CCCC1(C2=NN(c3ccc(F)cc3)C(=O)C2)c2ccc(CNC=O)cc2CCc2cc(CNC=O)ccc21. The Hall–Kier alpha value is -4.37. The first kappa shape index (κ1) is 29.1. The van der Waals surface area contributed by atoms with Crippen LogP contribution in [0.4, 0.5) is 10.1 Å². The van der Waals surface area contributed by atoms with E-state index in [4.69, 9.17) is 10.8 Å². The van der Waals surface area contributed by atoms with Crippen LogP contribution in [-0.2, 0) is 45.7 Å².